The molecule has 26 heavy (non-hydrogen) atoms. The molecular formula is C18H17N5O3. The number of para-hydroxylation sites is 1. The quantitative estimate of drug-likeness (QED) is 0.577. The van der Waals surface area contributed by atoms with Gasteiger partial charge in [-0.15, -0.1) is 0 Å². The molecule has 1 N–H and O–H groups in total. The fourth-order valence-corrected chi connectivity index (χ4v) is 3.27. The normalized spacial score (nSPS) is 14.6. The number of H-pyrrole nitrogens is 1. The first-order chi connectivity index (χ1) is 12.6. The Labute approximate surface area is 149 Å². The third-order valence-corrected chi connectivity index (χ3v) is 4.70. The lowest BCUT2D eigenvalue weighted by Gasteiger charge is -2.36. The van der Waals surface area contributed by atoms with Crippen LogP contribution in [0.5, 0.6) is 0 Å². The van der Waals surface area contributed by atoms with E-state index in [2.05, 4.69) is 15.1 Å². The molecule has 1 aromatic heterocycles. The number of non-ortho nitro benzene ring substituents is 1. The van der Waals surface area contributed by atoms with E-state index in [4.69, 9.17) is 0 Å². The molecule has 1 aliphatic heterocycles. The molecule has 4 rings (SSSR count). The average molecular weight is 351 g/mol. The van der Waals surface area contributed by atoms with Gasteiger partial charge in [-0.1, -0.05) is 12.1 Å². The largest absolute Gasteiger partial charge is 0.368 e. The van der Waals surface area contributed by atoms with Gasteiger partial charge in [0.25, 0.3) is 11.6 Å². The zero-order valence-corrected chi connectivity index (χ0v) is 14.0. The predicted octanol–water partition coefficient (Wildman–Crippen LogP) is 2.43. The number of anilines is 1. The number of nitro benzene ring substituents is 1. The van der Waals surface area contributed by atoms with Gasteiger partial charge >= 0.3 is 0 Å². The molecule has 2 aromatic carbocycles. The molecule has 1 aliphatic rings. The van der Waals surface area contributed by atoms with E-state index < -0.39 is 4.92 Å². The number of nitrogens with one attached hydrogen (secondary N) is 1. The number of benzene rings is 2. The zero-order chi connectivity index (χ0) is 18.1. The summed E-state index contributed by atoms with van der Waals surface area (Å²) >= 11 is 0. The Kier molecular flexibility index (Phi) is 4.00. The van der Waals surface area contributed by atoms with Gasteiger partial charge in [0.05, 0.1) is 22.2 Å². The number of fused-ring (bicyclic) bond motifs is 1. The Morgan fingerprint density at radius 2 is 1.81 bits per heavy atom. The molecule has 0 bridgehead atoms. The summed E-state index contributed by atoms with van der Waals surface area (Å²) in [4.78, 5) is 27.2. The molecular weight excluding hydrogens is 334 g/mol. The predicted molar refractivity (Wildman–Crippen MR) is 97.3 cm³/mol. The first-order valence-electron chi connectivity index (χ1n) is 8.34. The van der Waals surface area contributed by atoms with Gasteiger partial charge in [-0.2, -0.15) is 5.10 Å². The van der Waals surface area contributed by atoms with E-state index in [0.29, 0.717) is 31.7 Å². The molecule has 0 unspecified atom stereocenters. The standard InChI is InChI=1S/C18H17N5O3/c24-18(16-3-1-2-13-12-19-20-17(13)16)22-10-8-21(9-11-22)14-4-6-15(7-5-14)23(25)26/h1-7,12H,8-11H2,(H,19,20). The van der Waals surface area contributed by atoms with Gasteiger partial charge in [-0.25, -0.2) is 0 Å². The maximum atomic E-state index is 12.9. The van der Waals surface area contributed by atoms with Crippen molar-refractivity contribution in [3.8, 4) is 0 Å². The van der Waals surface area contributed by atoms with Gasteiger partial charge in [-0.05, 0) is 18.2 Å². The summed E-state index contributed by atoms with van der Waals surface area (Å²) < 4.78 is 0. The highest BCUT2D eigenvalue weighted by Gasteiger charge is 2.24. The number of nitrogens with zero attached hydrogens (tertiary/aromatic N) is 4. The minimum Gasteiger partial charge on any atom is -0.368 e. The maximum absolute atomic E-state index is 12.9. The first kappa shape index (κ1) is 16.1. The second kappa shape index (κ2) is 6.47. The third kappa shape index (κ3) is 2.85. The van der Waals surface area contributed by atoms with Crippen molar-refractivity contribution in [2.24, 2.45) is 0 Å². The van der Waals surface area contributed by atoms with Crippen LogP contribution in [0.4, 0.5) is 11.4 Å². The van der Waals surface area contributed by atoms with E-state index in [-0.39, 0.29) is 11.6 Å². The lowest BCUT2D eigenvalue weighted by Crippen LogP contribution is -2.48. The molecule has 0 saturated carbocycles. The van der Waals surface area contributed by atoms with E-state index in [1.807, 2.05) is 23.1 Å². The van der Waals surface area contributed by atoms with Gasteiger partial charge in [0.2, 0.25) is 0 Å². The average Bonchev–Trinajstić information content (AvgIpc) is 3.16. The molecule has 1 amide bonds. The number of amides is 1. The van der Waals surface area contributed by atoms with Gasteiger partial charge in [0.1, 0.15) is 0 Å². The molecule has 8 heteroatoms. The summed E-state index contributed by atoms with van der Waals surface area (Å²) in [6, 6.07) is 12.1. The van der Waals surface area contributed by atoms with Gasteiger partial charge in [-0.3, -0.25) is 20.0 Å². The van der Waals surface area contributed by atoms with Crippen LogP contribution < -0.4 is 4.90 Å². The number of aromatic nitrogens is 2. The number of carbonyl (C=O) groups excluding carboxylic acids is 1. The fraction of sp³-hybridized carbons (Fsp3) is 0.222. The van der Waals surface area contributed by atoms with Crippen LogP contribution in [0.15, 0.2) is 48.7 Å². The summed E-state index contributed by atoms with van der Waals surface area (Å²) in [7, 11) is 0. The summed E-state index contributed by atoms with van der Waals surface area (Å²) in [5.41, 5.74) is 2.40. The molecule has 132 valence electrons. The molecule has 3 aromatic rings. The van der Waals surface area contributed by atoms with Crippen molar-refractivity contribution in [2.75, 3.05) is 31.1 Å². The van der Waals surface area contributed by atoms with Crippen molar-refractivity contribution in [3.05, 3.63) is 64.3 Å². The highest BCUT2D eigenvalue weighted by molar-refractivity contribution is 6.05. The number of hydrogen-bond acceptors (Lipinski definition) is 5. The third-order valence-electron chi connectivity index (χ3n) is 4.70. The molecule has 0 atom stereocenters. The van der Waals surface area contributed by atoms with Crippen LogP contribution in [0.3, 0.4) is 0 Å². The number of hydrogen-bond donors (Lipinski definition) is 1. The van der Waals surface area contributed by atoms with E-state index in [0.717, 1.165) is 16.6 Å². The lowest BCUT2D eigenvalue weighted by atomic mass is 10.1. The number of rotatable bonds is 3. The van der Waals surface area contributed by atoms with Crippen LogP contribution in [0.25, 0.3) is 10.9 Å². The molecule has 2 heterocycles. The smallest absolute Gasteiger partial charge is 0.269 e. The van der Waals surface area contributed by atoms with Crippen LogP contribution in [0.2, 0.25) is 0 Å². The Hall–Kier alpha value is -3.42. The van der Waals surface area contributed by atoms with Crippen LogP contribution in [-0.2, 0) is 0 Å². The highest BCUT2D eigenvalue weighted by Crippen LogP contribution is 2.22. The molecule has 0 spiro atoms. The summed E-state index contributed by atoms with van der Waals surface area (Å²) in [5.74, 6) is -0.0109. The van der Waals surface area contributed by atoms with E-state index in [1.165, 1.54) is 12.1 Å². The van der Waals surface area contributed by atoms with Gasteiger partial charge in [0.15, 0.2) is 0 Å². The van der Waals surface area contributed by atoms with Gasteiger partial charge < -0.3 is 9.80 Å². The Balaban J connectivity index is 1.45. The van der Waals surface area contributed by atoms with Crippen molar-refractivity contribution in [1.29, 1.82) is 0 Å². The SMILES string of the molecule is O=C(c1cccc2cn[nH]c12)N1CCN(c2ccc([N+](=O)[O-])cc2)CC1. The topological polar surface area (TPSA) is 95.4 Å². The summed E-state index contributed by atoms with van der Waals surface area (Å²) in [6.07, 6.45) is 1.71. The minimum atomic E-state index is -0.406. The van der Waals surface area contributed by atoms with Crippen molar-refractivity contribution in [2.45, 2.75) is 0 Å². The van der Waals surface area contributed by atoms with Crippen LogP contribution in [0, 0.1) is 10.1 Å². The fourth-order valence-electron chi connectivity index (χ4n) is 3.27. The highest BCUT2D eigenvalue weighted by atomic mass is 16.6. The van der Waals surface area contributed by atoms with E-state index >= 15 is 0 Å². The minimum absolute atomic E-state index is 0.0109. The second-order valence-corrected chi connectivity index (χ2v) is 6.19. The number of piperazine rings is 1. The van der Waals surface area contributed by atoms with Crippen molar-refractivity contribution < 1.29 is 9.72 Å². The number of aromatic amines is 1. The molecule has 0 radical (unpaired) electrons. The zero-order valence-electron chi connectivity index (χ0n) is 14.0. The number of carbonyl (C=O) groups is 1. The molecule has 1 fully saturated rings. The van der Waals surface area contributed by atoms with E-state index in [1.54, 1.807) is 18.3 Å². The molecule has 8 nitrogen and oxygen atoms in total. The monoisotopic (exact) mass is 351 g/mol. The Bertz CT molecular complexity index is 958. The Morgan fingerprint density at radius 3 is 2.50 bits per heavy atom. The number of nitro groups is 1. The van der Waals surface area contributed by atoms with Crippen LogP contribution in [-0.4, -0.2) is 52.1 Å². The van der Waals surface area contributed by atoms with Crippen molar-refractivity contribution in [1.82, 2.24) is 15.1 Å². The molecule has 0 aliphatic carbocycles. The van der Waals surface area contributed by atoms with Crippen molar-refractivity contribution >= 4 is 28.2 Å². The molecule has 1 saturated heterocycles. The van der Waals surface area contributed by atoms with Crippen LogP contribution >= 0.6 is 0 Å². The maximum Gasteiger partial charge on any atom is 0.269 e. The van der Waals surface area contributed by atoms with Crippen molar-refractivity contribution in [3.63, 3.8) is 0 Å². The Morgan fingerprint density at radius 1 is 1.08 bits per heavy atom. The first-order valence-corrected chi connectivity index (χ1v) is 8.34. The van der Waals surface area contributed by atoms with Crippen LogP contribution in [0.1, 0.15) is 10.4 Å². The second-order valence-electron chi connectivity index (χ2n) is 6.19. The summed E-state index contributed by atoms with van der Waals surface area (Å²) in [5, 5.41) is 18.6. The lowest BCUT2D eigenvalue weighted by molar-refractivity contribution is -0.384. The van der Waals surface area contributed by atoms with E-state index in [9.17, 15) is 14.9 Å². The van der Waals surface area contributed by atoms with Gasteiger partial charge in [0, 0.05) is 49.4 Å². The summed E-state index contributed by atoms with van der Waals surface area (Å²) in [6.45, 7) is 2.56.